The van der Waals surface area contributed by atoms with Crippen LogP contribution in [0.5, 0.6) is 0 Å². The van der Waals surface area contributed by atoms with Crippen LogP contribution in [0.1, 0.15) is 29.9 Å². The molecule has 0 atom stereocenters. The number of hydrogen-bond donors (Lipinski definition) is 1. The van der Waals surface area contributed by atoms with Crippen LogP contribution in [0.25, 0.3) is 0 Å². The largest absolute Gasteiger partial charge is 0.334 e. The van der Waals surface area contributed by atoms with E-state index in [1.807, 2.05) is 13.0 Å². The third-order valence-electron chi connectivity index (χ3n) is 1.88. The minimum absolute atomic E-state index is 0.283. The summed E-state index contributed by atoms with van der Waals surface area (Å²) in [5.74, 6) is -0.283. The molecule has 1 rings (SSSR count). The van der Waals surface area contributed by atoms with Crippen LogP contribution in [-0.2, 0) is 0 Å². The Bertz CT molecular complexity index is 401. The first-order valence-corrected chi connectivity index (χ1v) is 4.61. The summed E-state index contributed by atoms with van der Waals surface area (Å²) in [6, 6.07) is 5.44. The van der Waals surface area contributed by atoms with Crippen LogP contribution in [0, 0.1) is 18.3 Å². The number of aryl methyl sites for hydroxylation is 1. The normalized spacial score (nSPS) is 10.5. The number of carbonyl (C=O) groups excluding carboxylic acids is 1. The van der Waals surface area contributed by atoms with Crippen LogP contribution < -0.4 is 5.32 Å². The second-order valence-corrected chi connectivity index (χ2v) is 3.88. The Morgan fingerprint density at radius 3 is 2.67 bits per heavy atom. The van der Waals surface area contributed by atoms with Crippen molar-refractivity contribution >= 4 is 5.91 Å². The van der Waals surface area contributed by atoms with Crippen molar-refractivity contribution in [2.45, 2.75) is 26.3 Å². The van der Waals surface area contributed by atoms with Gasteiger partial charge < -0.3 is 5.32 Å². The molecule has 0 aromatic carbocycles. The Kier molecular flexibility index (Phi) is 3.05. The van der Waals surface area contributed by atoms with Gasteiger partial charge in [-0.1, -0.05) is 0 Å². The van der Waals surface area contributed by atoms with Gasteiger partial charge in [0.05, 0.1) is 11.6 Å². The molecule has 4 nitrogen and oxygen atoms in total. The second kappa shape index (κ2) is 4.09. The number of nitrogens with zero attached hydrogens (tertiary/aromatic N) is 2. The van der Waals surface area contributed by atoms with Gasteiger partial charge >= 0.3 is 0 Å². The molecular weight excluding hydrogens is 190 g/mol. The number of amides is 1. The summed E-state index contributed by atoms with van der Waals surface area (Å²) < 4.78 is 0. The molecule has 0 aliphatic carbocycles. The maximum absolute atomic E-state index is 11.6. The van der Waals surface area contributed by atoms with Gasteiger partial charge in [0.1, 0.15) is 5.54 Å². The highest BCUT2D eigenvalue weighted by molar-refractivity contribution is 5.94. The van der Waals surface area contributed by atoms with Crippen LogP contribution in [0.4, 0.5) is 0 Å². The molecule has 78 valence electrons. The molecule has 0 fully saturated rings. The average molecular weight is 203 g/mol. The summed E-state index contributed by atoms with van der Waals surface area (Å²) in [6.45, 7) is 5.14. The zero-order valence-electron chi connectivity index (χ0n) is 9.03. The Hall–Kier alpha value is -1.89. The van der Waals surface area contributed by atoms with E-state index in [2.05, 4.69) is 10.3 Å². The predicted molar refractivity (Wildman–Crippen MR) is 56.1 cm³/mol. The first-order valence-electron chi connectivity index (χ1n) is 4.61. The fourth-order valence-electron chi connectivity index (χ4n) is 0.986. The molecule has 0 aliphatic heterocycles. The number of pyridine rings is 1. The molecule has 0 unspecified atom stereocenters. The number of nitrogens with one attached hydrogen (secondary N) is 1. The predicted octanol–water partition coefficient (Wildman–Crippen LogP) is 1.42. The lowest BCUT2D eigenvalue weighted by molar-refractivity contribution is 0.0929. The molecule has 0 radical (unpaired) electrons. The van der Waals surface area contributed by atoms with E-state index in [0.29, 0.717) is 5.56 Å². The fraction of sp³-hybridized carbons (Fsp3) is 0.364. The summed E-state index contributed by atoms with van der Waals surface area (Å²) in [4.78, 5) is 15.6. The lowest BCUT2D eigenvalue weighted by Crippen LogP contribution is -2.42. The fourth-order valence-corrected chi connectivity index (χ4v) is 0.986. The smallest absolute Gasteiger partial charge is 0.254 e. The Morgan fingerprint density at radius 2 is 2.20 bits per heavy atom. The Balaban J connectivity index is 2.79. The zero-order chi connectivity index (χ0) is 11.5. The first kappa shape index (κ1) is 11.2. The first-order chi connectivity index (χ1) is 6.94. The number of carbonyl (C=O) groups is 1. The molecule has 15 heavy (non-hydrogen) atoms. The summed E-state index contributed by atoms with van der Waals surface area (Å²) >= 11 is 0. The van der Waals surface area contributed by atoms with Gasteiger partial charge in [-0.3, -0.25) is 9.78 Å². The summed E-state index contributed by atoms with van der Waals surface area (Å²) in [5.41, 5.74) is 0.456. The Labute approximate surface area is 88.9 Å². The number of nitriles is 1. The molecule has 0 saturated heterocycles. The van der Waals surface area contributed by atoms with E-state index in [4.69, 9.17) is 5.26 Å². The van der Waals surface area contributed by atoms with Crippen molar-refractivity contribution in [3.8, 4) is 6.07 Å². The van der Waals surface area contributed by atoms with Crippen molar-refractivity contribution in [2.24, 2.45) is 0 Å². The molecule has 1 aromatic heterocycles. The SMILES string of the molecule is Cc1ccc(C(=O)NC(C)(C)C#N)cn1. The van der Waals surface area contributed by atoms with Crippen molar-refractivity contribution in [3.63, 3.8) is 0 Å². The maximum atomic E-state index is 11.6. The van der Waals surface area contributed by atoms with Crippen LogP contribution in [0.3, 0.4) is 0 Å². The Morgan fingerprint density at radius 1 is 1.53 bits per heavy atom. The quantitative estimate of drug-likeness (QED) is 0.790. The average Bonchev–Trinajstić information content (AvgIpc) is 2.18. The van der Waals surface area contributed by atoms with E-state index in [1.54, 1.807) is 26.0 Å². The second-order valence-electron chi connectivity index (χ2n) is 3.88. The van der Waals surface area contributed by atoms with Gasteiger partial charge in [-0.15, -0.1) is 0 Å². The highest BCUT2D eigenvalue weighted by atomic mass is 16.1. The number of aromatic nitrogens is 1. The number of hydrogen-bond acceptors (Lipinski definition) is 3. The van der Waals surface area contributed by atoms with Gasteiger partial charge in [-0.05, 0) is 32.9 Å². The van der Waals surface area contributed by atoms with Crippen LogP contribution >= 0.6 is 0 Å². The lowest BCUT2D eigenvalue weighted by atomic mass is 10.1. The molecular formula is C11H13N3O. The minimum Gasteiger partial charge on any atom is -0.334 e. The van der Waals surface area contributed by atoms with Gasteiger partial charge in [-0.2, -0.15) is 5.26 Å². The van der Waals surface area contributed by atoms with Gasteiger partial charge in [0.15, 0.2) is 0 Å². The van der Waals surface area contributed by atoms with E-state index >= 15 is 0 Å². The molecule has 0 spiro atoms. The molecule has 1 amide bonds. The standard InChI is InChI=1S/C11H13N3O/c1-8-4-5-9(6-13-8)10(15)14-11(2,3)7-12/h4-6H,1-3H3,(H,14,15). The topological polar surface area (TPSA) is 65.8 Å². The van der Waals surface area contributed by atoms with Crippen molar-refractivity contribution in [1.29, 1.82) is 5.26 Å². The van der Waals surface area contributed by atoms with Gasteiger partial charge in [0.25, 0.3) is 5.91 Å². The highest BCUT2D eigenvalue weighted by Crippen LogP contribution is 2.04. The molecule has 1 aromatic rings. The van der Waals surface area contributed by atoms with Gasteiger partial charge in [0, 0.05) is 11.9 Å². The molecule has 1 heterocycles. The minimum atomic E-state index is -0.859. The highest BCUT2D eigenvalue weighted by Gasteiger charge is 2.20. The maximum Gasteiger partial charge on any atom is 0.254 e. The lowest BCUT2D eigenvalue weighted by Gasteiger charge is -2.17. The third-order valence-corrected chi connectivity index (χ3v) is 1.88. The van der Waals surface area contributed by atoms with E-state index in [9.17, 15) is 4.79 Å². The van der Waals surface area contributed by atoms with Crippen molar-refractivity contribution in [2.75, 3.05) is 0 Å². The van der Waals surface area contributed by atoms with E-state index in [-0.39, 0.29) is 5.91 Å². The van der Waals surface area contributed by atoms with E-state index < -0.39 is 5.54 Å². The molecule has 0 saturated carbocycles. The number of rotatable bonds is 2. The van der Waals surface area contributed by atoms with E-state index in [1.165, 1.54) is 6.20 Å². The van der Waals surface area contributed by atoms with Gasteiger partial charge in [-0.25, -0.2) is 0 Å². The van der Waals surface area contributed by atoms with Crippen molar-refractivity contribution < 1.29 is 4.79 Å². The van der Waals surface area contributed by atoms with Crippen LogP contribution in [0.2, 0.25) is 0 Å². The van der Waals surface area contributed by atoms with Crippen molar-refractivity contribution in [1.82, 2.24) is 10.3 Å². The summed E-state index contributed by atoms with van der Waals surface area (Å²) in [6.07, 6.45) is 1.50. The van der Waals surface area contributed by atoms with Crippen LogP contribution in [-0.4, -0.2) is 16.4 Å². The summed E-state index contributed by atoms with van der Waals surface area (Å²) in [7, 11) is 0. The molecule has 4 heteroatoms. The molecule has 0 aliphatic rings. The molecule has 0 bridgehead atoms. The van der Waals surface area contributed by atoms with Crippen LogP contribution in [0.15, 0.2) is 18.3 Å². The third kappa shape index (κ3) is 3.06. The van der Waals surface area contributed by atoms with E-state index in [0.717, 1.165) is 5.69 Å². The van der Waals surface area contributed by atoms with Gasteiger partial charge in [0.2, 0.25) is 0 Å². The summed E-state index contributed by atoms with van der Waals surface area (Å²) in [5, 5.41) is 11.4. The van der Waals surface area contributed by atoms with Crippen molar-refractivity contribution in [3.05, 3.63) is 29.6 Å². The zero-order valence-corrected chi connectivity index (χ0v) is 9.03. The molecule has 1 N–H and O–H groups in total. The monoisotopic (exact) mass is 203 g/mol.